The molecule has 1 saturated heterocycles. The second kappa shape index (κ2) is 9.22. The van der Waals surface area contributed by atoms with Crippen molar-refractivity contribution in [2.24, 2.45) is 0 Å². The molecule has 3 amide bonds. The zero-order valence-corrected chi connectivity index (χ0v) is 17.8. The Morgan fingerprint density at radius 2 is 1.87 bits per heavy atom. The molecule has 160 valence electrons. The van der Waals surface area contributed by atoms with Crippen molar-refractivity contribution in [3.8, 4) is 0 Å². The number of urea groups is 1. The molecule has 1 aromatic heterocycles. The number of carbonyl (C=O) groups is 2. The summed E-state index contributed by atoms with van der Waals surface area (Å²) < 4.78 is 13.1. The minimum Gasteiger partial charge on any atom is -0.324 e. The number of benzene rings is 2. The van der Waals surface area contributed by atoms with Crippen molar-refractivity contribution in [3.05, 3.63) is 69.9 Å². The Labute approximate surface area is 183 Å². The zero-order chi connectivity index (χ0) is 21.8. The van der Waals surface area contributed by atoms with Crippen LogP contribution in [0.25, 0.3) is 0 Å². The molecule has 9 heteroatoms. The van der Waals surface area contributed by atoms with Gasteiger partial charge in [-0.05, 0) is 55.7 Å². The molecule has 4 rings (SSSR count). The lowest BCUT2D eigenvalue weighted by molar-refractivity contribution is 0.102. The average Bonchev–Trinajstić information content (AvgIpc) is 3.28. The summed E-state index contributed by atoms with van der Waals surface area (Å²) in [5.41, 5.74) is 2.25. The fraction of sp³-hybridized carbons (Fsp3) is 0.273. The highest BCUT2D eigenvalue weighted by atomic mass is 32.1. The number of likely N-dealkylation sites (tertiary alicyclic amines) is 1. The van der Waals surface area contributed by atoms with Crippen LogP contribution in [0.1, 0.15) is 39.1 Å². The van der Waals surface area contributed by atoms with Crippen molar-refractivity contribution in [2.75, 3.05) is 23.7 Å². The molecule has 1 atom stereocenters. The largest absolute Gasteiger partial charge is 0.324 e. The Morgan fingerprint density at radius 1 is 1.10 bits per heavy atom. The molecule has 2 heterocycles. The van der Waals surface area contributed by atoms with Crippen LogP contribution in [0.5, 0.6) is 0 Å². The van der Waals surface area contributed by atoms with Gasteiger partial charge >= 0.3 is 6.03 Å². The van der Waals surface area contributed by atoms with Crippen LogP contribution in [0.4, 0.5) is 20.6 Å². The van der Waals surface area contributed by atoms with E-state index in [1.807, 2.05) is 31.2 Å². The van der Waals surface area contributed by atoms with Gasteiger partial charge in [-0.1, -0.05) is 29.5 Å². The third kappa shape index (κ3) is 5.05. The van der Waals surface area contributed by atoms with Gasteiger partial charge in [0.1, 0.15) is 10.8 Å². The summed E-state index contributed by atoms with van der Waals surface area (Å²) in [5, 5.41) is 15.0. The van der Waals surface area contributed by atoms with E-state index in [9.17, 15) is 14.0 Å². The molecule has 31 heavy (non-hydrogen) atoms. The SMILES string of the molecule is Cc1ccccc1NC(=O)c1nnc([C@@H]2CCCN(C(=O)Nc3ccc(F)cc3)C2)s1. The van der Waals surface area contributed by atoms with Crippen molar-refractivity contribution in [1.29, 1.82) is 0 Å². The first-order chi connectivity index (χ1) is 15.0. The predicted molar refractivity (Wildman–Crippen MR) is 118 cm³/mol. The van der Waals surface area contributed by atoms with Gasteiger partial charge in [-0.3, -0.25) is 4.79 Å². The number of rotatable bonds is 4. The summed E-state index contributed by atoms with van der Waals surface area (Å²) in [6, 6.07) is 13.0. The minimum atomic E-state index is -0.352. The summed E-state index contributed by atoms with van der Waals surface area (Å²) >= 11 is 1.26. The highest BCUT2D eigenvalue weighted by Gasteiger charge is 2.28. The molecule has 7 nitrogen and oxygen atoms in total. The number of hydrogen-bond acceptors (Lipinski definition) is 5. The molecule has 1 aliphatic rings. The van der Waals surface area contributed by atoms with Gasteiger partial charge in [-0.25, -0.2) is 9.18 Å². The van der Waals surface area contributed by atoms with Gasteiger partial charge in [0.05, 0.1) is 0 Å². The third-order valence-electron chi connectivity index (χ3n) is 5.18. The van der Waals surface area contributed by atoms with Gasteiger partial charge in [0.2, 0.25) is 5.01 Å². The molecule has 1 aliphatic heterocycles. The Hall–Kier alpha value is -3.33. The van der Waals surface area contributed by atoms with E-state index < -0.39 is 0 Å². The van der Waals surface area contributed by atoms with Crippen LogP contribution in [0.2, 0.25) is 0 Å². The molecule has 1 fully saturated rings. The Kier molecular flexibility index (Phi) is 6.22. The number of amides is 3. The van der Waals surface area contributed by atoms with Crippen LogP contribution < -0.4 is 10.6 Å². The van der Waals surface area contributed by atoms with E-state index in [1.165, 1.54) is 35.6 Å². The molecular weight excluding hydrogens is 417 g/mol. The zero-order valence-electron chi connectivity index (χ0n) is 17.0. The smallest absolute Gasteiger partial charge is 0.321 e. The summed E-state index contributed by atoms with van der Waals surface area (Å²) in [5.74, 6) is -0.625. The van der Waals surface area contributed by atoms with Crippen molar-refractivity contribution in [1.82, 2.24) is 15.1 Å². The highest BCUT2D eigenvalue weighted by Crippen LogP contribution is 2.30. The van der Waals surface area contributed by atoms with E-state index >= 15 is 0 Å². The lowest BCUT2D eigenvalue weighted by Gasteiger charge is -2.31. The van der Waals surface area contributed by atoms with Gasteiger partial charge in [-0.2, -0.15) is 0 Å². The van der Waals surface area contributed by atoms with Crippen LogP contribution in [0, 0.1) is 12.7 Å². The fourth-order valence-corrected chi connectivity index (χ4v) is 4.34. The van der Waals surface area contributed by atoms with E-state index in [1.54, 1.807) is 4.90 Å². The lowest BCUT2D eigenvalue weighted by atomic mass is 9.99. The summed E-state index contributed by atoms with van der Waals surface area (Å²) in [6.45, 7) is 3.04. The van der Waals surface area contributed by atoms with Crippen LogP contribution in [0.15, 0.2) is 48.5 Å². The third-order valence-corrected chi connectivity index (χ3v) is 6.27. The van der Waals surface area contributed by atoms with E-state index in [0.717, 1.165) is 29.1 Å². The number of carbonyl (C=O) groups excluding carboxylic acids is 2. The number of hydrogen-bond donors (Lipinski definition) is 2. The molecule has 0 radical (unpaired) electrons. The Morgan fingerprint density at radius 3 is 2.65 bits per heavy atom. The van der Waals surface area contributed by atoms with E-state index in [-0.39, 0.29) is 23.7 Å². The van der Waals surface area contributed by atoms with Gasteiger partial charge in [0.15, 0.2) is 0 Å². The standard InChI is InChI=1S/C22H22FN5O2S/c1-14-5-2-3-7-18(14)25-19(29)21-27-26-20(31-21)15-6-4-12-28(13-15)22(30)24-17-10-8-16(23)9-11-17/h2-3,5,7-11,15H,4,6,12-13H2,1H3,(H,24,30)(H,25,29)/t15-/m1/s1. The molecule has 0 unspecified atom stereocenters. The highest BCUT2D eigenvalue weighted by molar-refractivity contribution is 7.13. The first-order valence-electron chi connectivity index (χ1n) is 10.0. The van der Waals surface area contributed by atoms with Crippen LogP contribution in [0.3, 0.4) is 0 Å². The van der Waals surface area contributed by atoms with E-state index in [2.05, 4.69) is 20.8 Å². The molecule has 0 saturated carbocycles. The molecule has 3 aromatic rings. The van der Waals surface area contributed by atoms with Crippen molar-refractivity contribution in [2.45, 2.75) is 25.7 Å². The molecule has 0 aliphatic carbocycles. The molecule has 2 N–H and O–H groups in total. The number of anilines is 2. The second-order valence-electron chi connectivity index (χ2n) is 7.44. The Balaban J connectivity index is 1.39. The summed E-state index contributed by atoms with van der Waals surface area (Å²) in [7, 11) is 0. The van der Waals surface area contributed by atoms with Gasteiger partial charge in [0, 0.05) is 30.4 Å². The van der Waals surface area contributed by atoms with Crippen LogP contribution >= 0.6 is 11.3 Å². The average molecular weight is 440 g/mol. The summed E-state index contributed by atoms with van der Waals surface area (Å²) in [6.07, 6.45) is 1.69. The first-order valence-corrected chi connectivity index (χ1v) is 10.8. The topological polar surface area (TPSA) is 87.2 Å². The van der Waals surface area contributed by atoms with Crippen LogP contribution in [-0.4, -0.2) is 40.1 Å². The minimum absolute atomic E-state index is 0.0187. The fourth-order valence-electron chi connectivity index (χ4n) is 3.48. The quantitative estimate of drug-likeness (QED) is 0.620. The first kappa shape index (κ1) is 20.9. The molecule has 2 aromatic carbocycles. The number of aryl methyl sites for hydroxylation is 1. The maximum absolute atomic E-state index is 13.1. The predicted octanol–water partition coefficient (Wildman–Crippen LogP) is 4.65. The Bertz CT molecular complexity index is 1090. The van der Waals surface area contributed by atoms with Gasteiger partial charge in [-0.15, -0.1) is 10.2 Å². The number of para-hydroxylation sites is 1. The number of nitrogens with zero attached hydrogens (tertiary/aromatic N) is 3. The van der Waals surface area contributed by atoms with Gasteiger partial charge in [0.25, 0.3) is 5.91 Å². The maximum atomic E-state index is 13.1. The second-order valence-corrected chi connectivity index (χ2v) is 8.45. The molecule has 0 spiro atoms. The van der Waals surface area contributed by atoms with E-state index in [0.29, 0.717) is 23.8 Å². The normalized spacial score (nSPS) is 16.1. The number of halogens is 1. The number of piperidine rings is 1. The number of nitrogens with one attached hydrogen (secondary N) is 2. The van der Waals surface area contributed by atoms with Gasteiger partial charge < -0.3 is 15.5 Å². The van der Waals surface area contributed by atoms with Crippen molar-refractivity contribution in [3.63, 3.8) is 0 Å². The van der Waals surface area contributed by atoms with Crippen LogP contribution in [-0.2, 0) is 0 Å². The lowest BCUT2D eigenvalue weighted by Crippen LogP contribution is -2.41. The molecule has 0 bridgehead atoms. The maximum Gasteiger partial charge on any atom is 0.321 e. The van der Waals surface area contributed by atoms with Crippen molar-refractivity contribution < 1.29 is 14.0 Å². The number of aromatic nitrogens is 2. The summed E-state index contributed by atoms with van der Waals surface area (Å²) in [4.78, 5) is 26.9. The molecular formula is C22H22FN5O2S. The monoisotopic (exact) mass is 439 g/mol. The van der Waals surface area contributed by atoms with Crippen molar-refractivity contribution >= 4 is 34.6 Å². The van der Waals surface area contributed by atoms with E-state index in [4.69, 9.17) is 0 Å².